The summed E-state index contributed by atoms with van der Waals surface area (Å²) in [7, 11) is 0. The Morgan fingerprint density at radius 2 is 1.62 bits per heavy atom. The molecule has 1 saturated carbocycles. The molecule has 2 nitrogen and oxygen atoms in total. The van der Waals surface area contributed by atoms with E-state index in [1.54, 1.807) is 0 Å². The normalized spacial score (nSPS) is 17.9. The lowest BCUT2D eigenvalue weighted by Gasteiger charge is -2.29. The van der Waals surface area contributed by atoms with Crippen molar-refractivity contribution in [1.29, 1.82) is 0 Å². The van der Waals surface area contributed by atoms with E-state index in [1.807, 2.05) is 0 Å². The van der Waals surface area contributed by atoms with Gasteiger partial charge in [-0.15, -0.1) is 0 Å². The Balaban J connectivity index is 1.94. The lowest BCUT2D eigenvalue weighted by atomic mass is 9.88. The predicted molar refractivity (Wildman–Crippen MR) is 101 cm³/mol. The van der Waals surface area contributed by atoms with Crippen LogP contribution in [0.25, 0.3) is 0 Å². The van der Waals surface area contributed by atoms with E-state index < -0.39 is 0 Å². The highest BCUT2D eigenvalue weighted by Gasteiger charge is 2.21. The molecular formula is C22H36O2. The van der Waals surface area contributed by atoms with Gasteiger partial charge < -0.3 is 9.47 Å². The lowest BCUT2D eigenvalue weighted by molar-refractivity contribution is -0.136. The Morgan fingerprint density at radius 3 is 2.17 bits per heavy atom. The van der Waals surface area contributed by atoms with Gasteiger partial charge in [0.25, 0.3) is 0 Å². The van der Waals surface area contributed by atoms with Crippen LogP contribution in [0.4, 0.5) is 0 Å². The number of hydrogen-bond acceptors (Lipinski definition) is 2. The summed E-state index contributed by atoms with van der Waals surface area (Å²) in [5.41, 5.74) is 1.68. The molecule has 0 saturated heterocycles. The van der Waals surface area contributed by atoms with Crippen molar-refractivity contribution in [3.05, 3.63) is 29.8 Å². The molecule has 0 amide bonds. The van der Waals surface area contributed by atoms with Crippen LogP contribution in [0, 0.1) is 11.3 Å². The highest BCUT2D eigenvalue weighted by atomic mass is 16.7. The Labute approximate surface area is 148 Å². The van der Waals surface area contributed by atoms with Crippen LogP contribution in [0.2, 0.25) is 0 Å². The van der Waals surface area contributed by atoms with Gasteiger partial charge in [0, 0.05) is 6.42 Å². The Morgan fingerprint density at radius 1 is 1.00 bits per heavy atom. The molecule has 24 heavy (non-hydrogen) atoms. The molecule has 0 radical (unpaired) electrons. The van der Waals surface area contributed by atoms with Crippen molar-refractivity contribution in [3.8, 4) is 5.75 Å². The fourth-order valence-electron chi connectivity index (χ4n) is 3.38. The second-order valence-electron chi connectivity index (χ2n) is 8.95. The van der Waals surface area contributed by atoms with Crippen molar-refractivity contribution < 1.29 is 9.47 Å². The maximum Gasteiger partial charge on any atom is 0.200 e. The van der Waals surface area contributed by atoms with Crippen LogP contribution in [-0.2, 0) is 11.2 Å². The molecule has 2 heteroatoms. The van der Waals surface area contributed by atoms with Crippen molar-refractivity contribution in [2.75, 3.05) is 0 Å². The molecule has 1 aromatic carbocycles. The standard InChI is InChI=1S/C22H36O2/c1-17(2)15-21(23-19-9-7-6-8-10-19)24-20-13-11-18(12-14-20)16-22(3,4)5/h11-14,17,19,21H,6-10,15-16H2,1-5H3. The minimum Gasteiger partial charge on any atom is -0.465 e. The summed E-state index contributed by atoms with van der Waals surface area (Å²) in [5, 5.41) is 0. The maximum atomic E-state index is 6.29. The van der Waals surface area contributed by atoms with E-state index in [1.165, 1.54) is 37.7 Å². The Hall–Kier alpha value is -1.02. The van der Waals surface area contributed by atoms with Gasteiger partial charge in [0.15, 0.2) is 6.29 Å². The molecule has 1 atom stereocenters. The minimum absolute atomic E-state index is 0.124. The van der Waals surface area contributed by atoms with Gasteiger partial charge in [0.1, 0.15) is 5.75 Å². The largest absolute Gasteiger partial charge is 0.465 e. The van der Waals surface area contributed by atoms with E-state index in [4.69, 9.17) is 9.47 Å². The summed E-state index contributed by atoms with van der Waals surface area (Å²) in [6, 6.07) is 8.57. The molecule has 1 aliphatic carbocycles. The van der Waals surface area contributed by atoms with E-state index in [9.17, 15) is 0 Å². The summed E-state index contributed by atoms with van der Waals surface area (Å²) in [6.07, 6.45) is 8.59. The van der Waals surface area contributed by atoms with Crippen molar-refractivity contribution in [1.82, 2.24) is 0 Å². The summed E-state index contributed by atoms with van der Waals surface area (Å²) in [4.78, 5) is 0. The number of benzene rings is 1. The fraction of sp³-hybridized carbons (Fsp3) is 0.727. The molecule has 2 rings (SSSR count). The van der Waals surface area contributed by atoms with Crippen LogP contribution in [-0.4, -0.2) is 12.4 Å². The molecule has 136 valence electrons. The van der Waals surface area contributed by atoms with Crippen LogP contribution >= 0.6 is 0 Å². The average molecular weight is 333 g/mol. The van der Waals surface area contributed by atoms with Crippen molar-refractivity contribution in [3.63, 3.8) is 0 Å². The number of hydrogen-bond donors (Lipinski definition) is 0. The quantitative estimate of drug-likeness (QED) is 0.540. The average Bonchev–Trinajstić information content (AvgIpc) is 2.48. The molecule has 1 fully saturated rings. The number of ether oxygens (including phenoxy) is 2. The SMILES string of the molecule is CC(C)CC(Oc1ccc(CC(C)(C)C)cc1)OC1CCCCC1. The highest BCUT2D eigenvalue weighted by molar-refractivity contribution is 5.28. The zero-order valence-corrected chi connectivity index (χ0v) is 16.3. The zero-order chi connectivity index (χ0) is 17.6. The van der Waals surface area contributed by atoms with Crippen molar-refractivity contribution in [2.24, 2.45) is 11.3 Å². The third-order valence-corrected chi connectivity index (χ3v) is 4.49. The summed E-state index contributed by atoms with van der Waals surface area (Å²) >= 11 is 0. The molecule has 0 aliphatic heterocycles. The van der Waals surface area contributed by atoms with Crippen LogP contribution < -0.4 is 4.74 Å². The van der Waals surface area contributed by atoms with Crippen LogP contribution in [0.3, 0.4) is 0 Å². The van der Waals surface area contributed by atoms with Gasteiger partial charge in [-0.2, -0.15) is 0 Å². The molecule has 1 aromatic rings. The smallest absolute Gasteiger partial charge is 0.200 e. The summed E-state index contributed by atoms with van der Waals surface area (Å²) in [6.45, 7) is 11.3. The molecule has 0 N–H and O–H groups in total. The third kappa shape index (κ3) is 7.25. The third-order valence-electron chi connectivity index (χ3n) is 4.49. The van der Waals surface area contributed by atoms with Gasteiger partial charge in [-0.1, -0.05) is 66.0 Å². The molecule has 0 bridgehead atoms. The lowest BCUT2D eigenvalue weighted by Crippen LogP contribution is -2.29. The van der Waals surface area contributed by atoms with Gasteiger partial charge in [0.05, 0.1) is 6.10 Å². The van der Waals surface area contributed by atoms with Gasteiger partial charge in [-0.25, -0.2) is 0 Å². The minimum atomic E-state index is -0.124. The van der Waals surface area contributed by atoms with Gasteiger partial charge in [-0.3, -0.25) is 0 Å². The Kier molecular flexibility index (Phi) is 7.16. The second-order valence-corrected chi connectivity index (χ2v) is 8.95. The van der Waals surface area contributed by atoms with E-state index >= 15 is 0 Å². The molecule has 0 spiro atoms. The molecule has 0 aromatic heterocycles. The molecular weight excluding hydrogens is 296 g/mol. The van der Waals surface area contributed by atoms with E-state index in [0.717, 1.165) is 18.6 Å². The first-order valence-corrected chi connectivity index (χ1v) is 9.73. The predicted octanol–water partition coefficient (Wildman–Crippen LogP) is 6.38. The van der Waals surface area contributed by atoms with E-state index in [2.05, 4.69) is 58.9 Å². The maximum absolute atomic E-state index is 6.29. The van der Waals surface area contributed by atoms with Gasteiger partial charge >= 0.3 is 0 Å². The highest BCUT2D eigenvalue weighted by Crippen LogP contribution is 2.26. The molecule has 1 aliphatic rings. The van der Waals surface area contributed by atoms with Crippen LogP contribution in [0.1, 0.15) is 78.7 Å². The first-order valence-electron chi connectivity index (χ1n) is 9.73. The fourth-order valence-corrected chi connectivity index (χ4v) is 3.38. The van der Waals surface area contributed by atoms with Gasteiger partial charge in [-0.05, 0) is 48.3 Å². The van der Waals surface area contributed by atoms with Crippen LogP contribution in [0.15, 0.2) is 24.3 Å². The van der Waals surface area contributed by atoms with Crippen molar-refractivity contribution in [2.45, 2.75) is 92.0 Å². The van der Waals surface area contributed by atoms with E-state index in [0.29, 0.717) is 17.4 Å². The Bertz CT molecular complexity index is 464. The van der Waals surface area contributed by atoms with Crippen LogP contribution in [0.5, 0.6) is 5.75 Å². The second kappa shape index (κ2) is 8.89. The first-order chi connectivity index (χ1) is 11.3. The van der Waals surface area contributed by atoms with E-state index in [-0.39, 0.29) is 6.29 Å². The summed E-state index contributed by atoms with van der Waals surface area (Å²) < 4.78 is 12.5. The van der Waals surface area contributed by atoms with Gasteiger partial charge in [0.2, 0.25) is 0 Å². The topological polar surface area (TPSA) is 18.5 Å². The molecule has 0 heterocycles. The van der Waals surface area contributed by atoms with Crippen molar-refractivity contribution >= 4 is 0 Å². The number of rotatable bonds is 7. The summed E-state index contributed by atoms with van der Waals surface area (Å²) in [5.74, 6) is 1.49. The monoisotopic (exact) mass is 332 g/mol. The molecule has 1 unspecified atom stereocenters. The first kappa shape index (κ1) is 19.3. The zero-order valence-electron chi connectivity index (χ0n) is 16.3.